The zero-order chi connectivity index (χ0) is 16.8. The summed E-state index contributed by atoms with van der Waals surface area (Å²) in [6.45, 7) is 2.20. The first-order valence-corrected chi connectivity index (χ1v) is 8.27. The Hall–Kier alpha value is -1.59. The van der Waals surface area contributed by atoms with Crippen LogP contribution in [0.5, 0.6) is 0 Å². The molecular weight excluding hydrogens is 284 g/mol. The summed E-state index contributed by atoms with van der Waals surface area (Å²) < 4.78 is 0. The number of hydrogen-bond acceptors (Lipinski definition) is 3. The van der Waals surface area contributed by atoms with Crippen LogP contribution in [0.25, 0.3) is 0 Å². The first-order chi connectivity index (χ1) is 10.5. The van der Waals surface area contributed by atoms with Crippen molar-refractivity contribution in [2.45, 2.75) is 83.6 Å². The minimum atomic E-state index is -1.24. The highest BCUT2D eigenvalue weighted by atomic mass is 16.4. The summed E-state index contributed by atoms with van der Waals surface area (Å²) in [5, 5.41) is 11.2. The molecule has 0 rings (SSSR count). The maximum atomic E-state index is 11.6. The lowest BCUT2D eigenvalue weighted by Gasteiger charge is -2.12. The lowest BCUT2D eigenvalue weighted by molar-refractivity contribution is -0.143. The zero-order valence-electron chi connectivity index (χ0n) is 13.6. The van der Waals surface area contributed by atoms with Crippen LogP contribution in [0.2, 0.25) is 0 Å². The summed E-state index contributed by atoms with van der Waals surface area (Å²) in [4.78, 5) is 33.2. The molecule has 0 fully saturated rings. The predicted octanol–water partition coefficient (Wildman–Crippen LogP) is 2.35. The Morgan fingerprint density at radius 3 is 1.91 bits per heavy atom. The van der Waals surface area contributed by atoms with E-state index in [-0.39, 0.29) is 12.3 Å². The molecule has 0 bridgehead atoms. The number of primary amides is 1. The summed E-state index contributed by atoms with van der Waals surface area (Å²) >= 11 is 0. The number of carbonyl (C=O) groups is 3. The summed E-state index contributed by atoms with van der Waals surface area (Å²) in [5.74, 6) is -2.31. The number of carboxylic acids is 1. The van der Waals surface area contributed by atoms with E-state index < -0.39 is 17.9 Å². The highest BCUT2D eigenvalue weighted by Crippen LogP contribution is 2.10. The first-order valence-electron chi connectivity index (χ1n) is 8.27. The highest BCUT2D eigenvalue weighted by molar-refractivity contribution is 5.88. The van der Waals surface area contributed by atoms with Gasteiger partial charge in [0.1, 0.15) is 6.04 Å². The first kappa shape index (κ1) is 20.4. The van der Waals surface area contributed by atoms with Crippen LogP contribution in [-0.2, 0) is 14.4 Å². The maximum Gasteiger partial charge on any atom is 0.326 e. The molecule has 0 aromatic carbocycles. The fourth-order valence-electron chi connectivity index (χ4n) is 2.26. The average Bonchev–Trinajstić information content (AvgIpc) is 2.44. The molecule has 128 valence electrons. The Morgan fingerprint density at radius 2 is 1.45 bits per heavy atom. The topological polar surface area (TPSA) is 109 Å². The van der Waals surface area contributed by atoms with E-state index in [0.717, 1.165) is 19.3 Å². The molecule has 1 atom stereocenters. The zero-order valence-corrected chi connectivity index (χ0v) is 13.6. The number of aliphatic carboxylic acids is 1. The molecule has 0 aromatic rings. The minimum absolute atomic E-state index is 0.290. The smallest absolute Gasteiger partial charge is 0.326 e. The Bertz CT molecular complexity index is 345. The second-order valence-corrected chi connectivity index (χ2v) is 5.71. The molecule has 22 heavy (non-hydrogen) atoms. The van der Waals surface area contributed by atoms with E-state index in [0.29, 0.717) is 6.42 Å². The molecule has 0 heterocycles. The van der Waals surface area contributed by atoms with Crippen LogP contribution in [0.15, 0.2) is 0 Å². The van der Waals surface area contributed by atoms with E-state index >= 15 is 0 Å². The van der Waals surface area contributed by atoms with Gasteiger partial charge in [0.15, 0.2) is 0 Å². The SMILES string of the molecule is CCCCCCCCCCCC(=O)N[C@H](CC(N)=O)C(=O)O. The third-order valence-corrected chi connectivity index (χ3v) is 3.55. The van der Waals surface area contributed by atoms with Crippen LogP contribution in [0.4, 0.5) is 0 Å². The molecule has 0 aliphatic rings. The van der Waals surface area contributed by atoms with Gasteiger partial charge in [0.05, 0.1) is 6.42 Å². The Kier molecular flexibility index (Phi) is 12.2. The Morgan fingerprint density at radius 1 is 0.955 bits per heavy atom. The van der Waals surface area contributed by atoms with E-state index in [1.165, 1.54) is 38.5 Å². The molecule has 6 nitrogen and oxygen atoms in total. The number of amides is 2. The Balaban J connectivity index is 3.63. The van der Waals surface area contributed by atoms with Crippen molar-refractivity contribution < 1.29 is 19.5 Å². The molecule has 2 amide bonds. The summed E-state index contributed by atoms with van der Waals surface area (Å²) in [7, 11) is 0. The van der Waals surface area contributed by atoms with Gasteiger partial charge in [-0.05, 0) is 6.42 Å². The van der Waals surface area contributed by atoms with Crippen molar-refractivity contribution in [3.05, 3.63) is 0 Å². The lowest BCUT2D eigenvalue weighted by atomic mass is 10.1. The van der Waals surface area contributed by atoms with Crippen molar-refractivity contribution in [2.75, 3.05) is 0 Å². The molecule has 0 radical (unpaired) electrons. The number of unbranched alkanes of at least 4 members (excludes halogenated alkanes) is 8. The monoisotopic (exact) mass is 314 g/mol. The van der Waals surface area contributed by atoms with E-state index in [1.807, 2.05) is 0 Å². The van der Waals surface area contributed by atoms with Crippen molar-refractivity contribution in [3.8, 4) is 0 Å². The van der Waals surface area contributed by atoms with Gasteiger partial charge in [0, 0.05) is 6.42 Å². The average molecular weight is 314 g/mol. The van der Waals surface area contributed by atoms with Gasteiger partial charge in [-0.25, -0.2) is 4.79 Å². The predicted molar refractivity (Wildman–Crippen MR) is 85.2 cm³/mol. The van der Waals surface area contributed by atoms with Crippen molar-refractivity contribution >= 4 is 17.8 Å². The minimum Gasteiger partial charge on any atom is -0.480 e. The Labute approximate surface area is 132 Å². The third kappa shape index (κ3) is 12.2. The van der Waals surface area contributed by atoms with Gasteiger partial charge in [-0.15, -0.1) is 0 Å². The normalized spacial score (nSPS) is 11.9. The van der Waals surface area contributed by atoms with Crippen LogP contribution < -0.4 is 11.1 Å². The molecule has 6 heteroatoms. The molecule has 0 spiro atoms. The summed E-state index contributed by atoms with van der Waals surface area (Å²) in [6.07, 6.45) is 10.3. The van der Waals surface area contributed by atoms with Crippen LogP contribution in [0.1, 0.15) is 77.6 Å². The molecule has 0 unspecified atom stereocenters. The lowest BCUT2D eigenvalue weighted by Crippen LogP contribution is -2.43. The molecule has 0 aromatic heterocycles. The number of nitrogens with one attached hydrogen (secondary N) is 1. The standard InChI is InChI=1S/C16H30N2O4/c1-2-3-4-5-6-7-8-9-10-11-15(20)18-13(16(21)22)12-14(17)19/h13H,2-12H2,1H3,(H2,17,19)(H,18,20)(H,21,22)/t13-/m1/s1. The number of carboxylic acid groups (broad SMARTS) is 1. The number of hydrogen-bond donors (Lipinski definition) is 3. The van der Waals surface area contributed by atoms with Gasteiger partial charge in [-0.2, -0.15) is 0 Å². The van der Waals surface area contributed by atoms with Gasteiger partial charge < -0.3 is 16.2 Å². The molecule has 0 saturated carbocycles. The maximum absolute atomic E-state index is 11.6. The second-order valence-electron chi connectivity index (χ2n) is 5.71. The van der Waals surface area contributed by atoms with E-state index in [1.54, 1.807) is 0 Å². The summed E-state index contributed by atoms with van der Waals surface area (Å²) in [6, 6.07) is -1.22. The fraction of sp³-hybridized carbons (Fsp3) is 0.812. The molecule has 0 saturated heterocycles. The van der Waals surface area contributed by atoms with E-state index in [2.05, 4.69) is 12.2 Å². The van der Waals surface area contributed by atoms with Gasteiger partial charge in [0.25, 0.3) is 0 Å². The molecular formula is C16H30N2O4. The molecule has 4 N–H and O–H groups in total. The van der Waals surface area contributed by atoms with Crippen molar-refractivity contribution in [2.24, 2.45) is 5.73 Å². The third-order valence-electron chi connectivity index (χ3n) is 3.55. The number of carbonyl (C=O) groups excluding carboxylic acids is 2. The number of rotatable bonds is 14. The van der Waals surface area contributed by atoms with Crippen LogP contribution in [0.3, 0.4) is 0 Å². The van der Waals surface area contributed by atoms with Gasteiger partial charge in [-0.3, -0.25) is 9.59 Å². The number of nitrogens with two attached hydrogens (primary N) is 1. The molecule has 0 aliphatic carbocycles. The van der Waals surface area contributed by atoms with Crippen LogP contribution in [-0.4, -0.2) is 28.9 Å². The van der Waals surface area contributed by atoms with E-state index in [4.69, 9.17) is 10.8 Å². The van der Waals surface area contributed by atoms with Crippen molar-refractivity contribution in [3.63, 3.8) is 0 Å². The second kappa shape index (κ2) is 13.1. The van der Waals surface area contributed by atoms with Crippen LogP contribution >= 0.6 is 0 Å². The van der Waals surface area contributed by atoms with Crippen LogP contribution in [0, 0.1) is 0 Å². The van der Waals surface area contributed by atoms with E-state index in [9.17, 15) is 14.4 Å². The summed E-state index contributed by atoms with van der Waals surface area (Å²) in [5.41, 5.74) is 4.95. The quantitative estimate of drug-likeness (QED) is 0.427. The largest absolute Gasteiger partial charge is 0.480 e. The van der Waals surface area contributed by atoms with Crippen molar-refractivity contribution in [1.29, 1.82) is 0 Å². The highest BCUT2D eigenvalue weighted by Gasteiger charge is 2.21. The van der Waals surface area contributed by atoms with Crippen molar-refractivity contribution in [1.82, 2.24) is 5.32 Å². The van der Waals surface area contributed by atoms with Gasteiger partial charge in [-0.1, -0.05) is 58.3 Å². The van der Waals surface area contributed by atoms with Gasteiger partial charge >= 0.3 is 5.97 Å². The molecule has 0 aliphatic heterocycles. The van der Waals surface area contributed by atoms with Gasteiger partial charge in [0.2, 0.25) is 11.8 Å². The fourth-order valence-corrected chi connectivity index (χ4v) is 2.26.